The molecule has 17 heavy (non-hydrogen) atoms. The lowest BCUT2D eigenvalue weighted by Crippen LogP contribution is -2.14. The Labute approximate surface area is 104 Å². The third-order valence-electron chi connectivity index (χ3n) is 1.68. The second kappa shape index (κ2) is 4.66. The van der Waals surface area contributed by atoms with E-state index in [1.807, 2.05) is 0 Å². The molecule has 0 radical (unpaired) electrons. The molecule has 1 aromatic rings. The molecular weight excluding hydrogens is 366 g/mol. The van der Waals surface area contributed by atoms with Crippen LogP contribution in [0.5, 0.6) is 0 Å². The summed E-state index contributed by atoms with van der Waals surface area (Å²) in [6.45, 7) is 0. The predicted octanol–water partition coefficient (Wildman–Crippen LogP) is 3.55. The van der Waals surface area contributed by atoms with Crippen molar-refractivity contribution in [3.8, 4) is 0 Å². The first-order valence-corrected chi connectivity index (χ1v) is 4.92. The molecule has 94 valence electrons. The maximum absolute atomic E-state index is 12.4. The third kappa shape index (κ3) is 2.98. The second-order valence-electron chi connectivity index (χ2n) is 2.79. The van der Waals surface area contributed by atoms with Gasteiger partial charge >= 0.3 is 11.9 Å². The molecule has 0 aromatic carbocycles. The van der Waals surface area contributed by atoms with E-state index >= 15 is 0 Å². The highest BCUT2D eigenvalue weighted by molar-refractivity contribution is 14.1. The summed E-state index contributed by atoms with van der Waals surface area (Å²) >= 11 is 1.17. The molecule has 10 heteroatoms. The largest absolute Gasteiger partial charge is 0.440 e. The van der Waals surface area contributed by atoms with E-state index in [1.54, 1.807) is 0 Å². The fraction of sp³-hybridized carbons (Fsp3) is 0.286. The van der Waals surface area contributed by atoms with Crippen LogP contribution in [-0.2, 0) is 6.18 Å². The highest BCUT2D eigenvalue weighted by Gasteiger charge is 2.41. The third-order valence-corrected chi connectivity index (χ3v) is 2.55. The van der Waals surface area contributed by atoms with Crippen LogP contribution in [0.2, 0.25) is 0 Å². The van der Waals surface area contributed by atoms with E-state index in [9.17, 15) is 32.1 Å². The van der Waals surface area contributed by atoms with E-state index < -0.39 is 38.2 Å². The summed E-state index contributed by atoms with van der Waals surface area (Å²) < 4.78 is 61.2. The zero-order chi connectivity index (χ0) is 13.4. The summed E-state index contributed by atoms with van der Waals surface area (Å²) in [5.41, 5.74) is -4.16. The average molecular weight is 368 g/mol. The van der Waals surface area contributed by atoms with E-state index in [2.05, 4.69) is 4.98 Å². The molecule has 0 amide bonds. The molecule has 0 aliphatic rings. The summed E-state index contributed by atoms with van der Waals surface area (Å²) in [5, 5.41) is 10.4. The van der Waals surface area contributed by atoms with Gasteiger partial charge in [-0.25, -0.2) is 13.8 Å². The van der Waals surface area contributed by atoms with Crippen LogP contribution in [0.25, 0.3) is 0 Å². The predicted molar refractivity (Wildman–Crippen MR) is 53.6 cm³/mol. The SMILES string of the molecule is O=[N+]([O-])c1cc(C(F)F)c(I)nc1C(F)(F)F. The van der Waals surface area contributed by atoms with Crippen molar-refractivity contribution in [2.24, 2.45) is 0 Å². The molecule has 1 rings (SSSR count). The summed E-state index contributed by atoms with van der Waals surface area (Å²) in [4.78, 5) is 11.8. The number of alkyl halides is 5. The Morgan fingerprint density at radius 2 is 1.94 bits per heavy atom. The van der Waals surface area contributed by atoms with Crippen LogP contribution in [0.3, 0.4) is 0 Å². The molecule has 0 N–H and O–H groups in total. The molecule has 0 aliphatic heterocycles. The average Bonchev–Trinajstić information content (AvgIpc) is 2.14. The Hall–Kier alpha value is -1.07. The zero-order valence-corrected chi connectivity index (χ0v) is 9.79. The van der Waals surface area contributed by atoms with E-state index in [0.29, 0.717) is 0 Å². The number of hydrogen-bond donors (Lipinski definition) is 0. The molecule has 1 aromatic heterocycles. The van der Waals surface area contributed by atoms with Gasteiger partial charge in [-0.3, -0.25) is 10.1 Å². The quantitative estimate of drug-likeness (QED) is 0.264. The number of halogens is 6. The Balaban J connectivity index is 3.53. The first-order chi connectivity index (χ1) is 7.64. The van der Waals surface area contributed by atoms with Gasteiger partial charge in [0, 0.05) is 6.07 Å². The molecule has 0 aliphatic carbocycles. The fourth-order valence-electron chi connectivity index (χ4n) is 0.996. The van der Waals surface area contributed by atoms with Gasteiger partial charge in [0.1, 0.15) is 3.70 Å². The normalized spacial score (nSPS) is 11.9. The lowest BCUT2D eigenvalue weighted by atomic mass is 10.2. The molecule has 0 saturated carbocycles. The summed E-state index contributed by atoms with van der Waals surface area (Å²) in [5.74, 6) is 0. The Morgan fingerprint density at radius 3 is 2.29 bits per heavy atom. The van der Waals surface area contributed by atoms with Gasteiger partial charge < -0.3 is 0 Å². The topological polar surface area (TPSA) is 56.0 Å². The lowest BCUT2D eigenvalue weighted by Gasteiger charge is -2.09. The van der Waals surface area contributed by atoms with Gasteiger partial charge in [-0.05, 0) is 22.6 Å². The van der Waals surface area contributed by atoms with E-state index in [0.717, 1.165) is 0 Å². The number of nitrogens with zero attached hydrogens (tertiary/aromatic N) is 2. The highest BCUT2D eigenvalue weighted by atomic mass is 127. The number of nitro groups is 1. The van der Waals surface area contributed by atoms with Crippen LogP contribution in [0, 0.1) is 13.8 Å². The molecule has 0 atom stereocenters. The van der Waals surface area contributed by atoms with Crippen LogP contribution in [0.15, 0.2) is 6.07 Å². The van der Waals surface area contributed by atoms with Crippen molar-refractivity contribution >= 4 is 28.3 Å². The van der Waals surface area contributed by atoms with Gasteiger partial charge in [0.15, 0.2) is 0 Å². The lowest BCUT2D eigenvalue weighted by molar-refractivity contribution is -0.388. The van der Waals surface area contributed by atoms with Gasteiger partial charge in [-0.15, -0.1) is 0 Å². The molecule has 0 unspecified atom stereocenters. The Bertz CT molecular complexity index is 462. The maximum Gasteiger partial charge on any atom is 0.440 e. The van der Waals surface area contributed by atoms with Gasteiger partial charge in [0.25, 0.3) is 6.43 Å². The maximum atomic E-state index is 12.4. The Morgan fingerprint density at radius 1 is 1.41 bits per heavy atom. The first-order valence-electron chi connectivity index (χ1n) is 3.84. The van der Waals surface area contributed by atoms with Gasteiger partial charge in [-0.2, -0.15) is 13.2 Å². The fourth-order valence-corrected chi connectivity index (χ4v) is 1.63. The highest BCUT2D eigenvalue weighted by Crippen LogP contribution is 2.37. The minimum atomic E-state index is -5.07. The number of hydrogen-bond acceptors (Lipinski definition) is 3. The van der Waals surface area contributed by atoms with Crippen LogP contribution in [0.4, 0.5) is 27.6 Å². The smallest absolute Gasteiger partial charge is 0.258 e. The minimum absolute atomic E-state index is 0.197. The van der Waals surface area contributed by atoms with Crippen molar-refractivity contribution in [2.75, 3.05) is 0 Å². The minimum Gasteiger partial charge on any atom is -0.258 e. The van der Waals surface area contributed by atoms with Gasteiger partial charge in [-0.1, -0.05) is 0 Å². The summed E-state index contributed by atoms with van der Waals surface area (Å²) in [7, 11) is 0. The molecule has 0 spiro atoms. The molecule has 0 fully saturated rings. The van der Waals surface area contributed by atoms with Gasteiger partial charge in [0.2, 0.25) is 5.69 Å². The molecule has 0 saturated heterocycles. The van der Waals surface area contributed by atoms with Crippen LogP contribution < -0.4 is 0 Å². The number of pyridine rings is 1. The number of aromatic nitrogens is 1. The van der Waals surface area contributed by atoms with E-state index in [4.69, 9.17) is 0 Å². The van der Waals surface area contributed by atoms with Crippen molar-refractivity contribution in [2.45, 2.75) is 12.6 Å². The molecule has 0 bridgehead atoms. The van der Waals surface area contributed by atoms with Crippen molar-refractivity contribution in [1.29, 1.82) is 0 Å². The van der Waals surface area contributed by atoms with Gasteiger partial charge in [0.05, 0.1) is 10.5 Å². The standard InChI is InChI=1S/C7H2F5IN2O2/c8-5(9)2-1-3(15(16)17)4(7(10,11)12)14-6(2)13/h1,5H. The summed E-state index contributed by atoms with van der Waals surface area (Å²) in [6.07, 6.45) is -8.20. The first kappa shape index (κ1) is 14.0. The van der Waals surface area contributed by atoms with E-state index in [1.165, 1.54) is 22.6 Å². The van der Waals surface area contributed by atoms with Crippen molar-refractivity contribution in [3.05, 3.63) is 31.1 Å². The van der Waals surface area contributed by atoms with E-state index in [-0.39, 0.29) is 6.07 Å². The van der Waals surface area contributed by atoms with Crippen molar-refractivity contribution < 1.29 is 26.9 Å². The molecular formula is C7H2F5IN2O2. The Kier molecular flexibility index (Phi) is 3.84. The van der Waals surface area contributed by atoms with Crippen molar-refractivity contribution in [1.82, 2.24) is 4.98 Å². The molecule has 4 nitrogen and oxygen atoms in total. The second-order valence-corrected chi connectivity index (χ2v) is 3.81. The monoisotopic (exact) mass is 368 g/mol. The van der Waals surface area contributed by atoms with Crippen molar-refractivity contribution in [3.63, 3.8) is 0 Å². The van der Waals surface area contributed by atoms with Crippen LogP contribution >= 0.6 is 22.6 Å². The van der Waals surface area contributed by atoms with Crippen LogP contribution in [-0.4, -0.2) is 9.91 Å². The zero-order valence-electron chi connectivity index (χ0n) is 7.63. The van der Waals surface area contributed by atoms with Crippen LogP contribution in [0.1, 0.15) is 17.7 Å². The number of rotatable bonds is 2. The molecule has 1 heterocycles. The summed E-state index contributed by atoms with van der Waals surface area (Å²) in [6, 6.07) is 0.197.